The largest absolute Gasteiger partial charge is 0.465 e. The second-order valence-corrected chi connectivity index (χ2v) is 7.79. The van der Waals surface area contributed by atoms with Crippen LogP contribution in [0.2, 0.25) is 0 Å². The molecule has 4 heteroatoms. The maximum Gasteiger partial charge on any atom is 0.308 e. The third-order valence-corrected chi connectivity index (χ3v) is 6.10. The van der Waals surface area contributed by atoms with Gasteiger partial charge in [-0.25, -0.2) is 0 Å². The molecule has 124 valence electrons. The van der Waals surface area contributed by atoms with E-state index >= 15 is 0 Å². The molecule has 4 fully saturated rings. The summed E-state index contributed by atoms with van der Waals surface area (Å²) >= 11 is 0. The highest BCUT2D eigenvalue weighted by atomic mass is 16.6. The van der Waals surface area contributed by atoms with Crippen molar-refractivity contribution in [2.75, 3.05) is 19.8 Å². The number of hydrogen-bond donors (Lipinski definition) is 0. The number of carbonyl (C=O) groups excluding carboxylic acids is 1. The lowest BCUT2D eigenvalue weighted by atomic mass is 9.79. The van der Waals surface area contributed by atoms with Crippen LogP contribution in [0.3, 0.4) is 0 Å². The molecule has 0 amide bonds. The Hall–Kier alpha value is -0.610. The van der Waals surface area contributed by atoms with Crippen molar-refractivity contribution in [2.24, 2.45) is 23.7 Å². The van der Waals surface area contributed by atoms with Crippen LogP contribution in [0.1, 0.15) is 51.4 Å². The van der Waals surface area contributed by atoms with Crippen molar-refractivity contribution in [1.29, 1.82) is 0 Å². The number of esters is 1. The molecule has 0 aromatic carbocycles. The third kappa shape index (κ3) is 3.65. The van der Waals surface area contributed by atoms with Crippen molar-refractivity contribution in [3.05, 3.63) is 0 Å². The molecule has 0 radical (unpaired) electrons. The molecule has 2 aliphatic heterocycles. The van der Waals surface area contributed by atoms with Gasteiger partial charge in [-0.15, -0.1) is 0 Å². The van der Waals surface area contributed by atoms with Crippen LogP contribution in [-0.4, -0.2) is 38.0 Å². The molecule has 0 spiro atoms. The summed E-state index contributed by atoms with van der Waals surface area (Å²) in [5.74, 6) is 2.03. The van der Waals surface area contributed by atoms with Crippen LogP contribution in [0, 0.1) is 23.7 Å². The summed E-state index contributed by atoms with van der Waals surface area (Å²) in [6, 6.07) is 0. The SMILES string of the molecule is O=C(OCC1CCCC(C2CO2)C1)C1CCCC(C2CO2)C1. The van der Waals surface area contributed by atoms with Crippen LogP contribution in [-0.2, 0) is 19.0 Å². The zero-order valence-electron chi connectivity index (χ0n) is 13.4. The Morgan fingerprint density at radius 3 is 2.23 bits per heavy atom. The fourth-order valence-corrected chi connectivity index (χ4v) is 4.57. The first-order chi connectivity index (χ1) is 10.8. The molecule has 2 saturated heterocycles. The minimum absolute atomic E-state index is 0.0511. The molecule has 6 unspecified atom stereocenters. The summed E-state index contributed by atoms with van der Waals surface area (Å²) in [6.07, 6.45) is 10.2. The van der Waals surface area contributed by atoms with Crippen molar-refractivity contribution in [3.63, 3.8) is 0 Å². The first-order valence-corrected chi connectivity index (χ1v) is 9.19. The third-order valence-electron chi connectivity index (χ3n) is 6.10. The molecule has 4 aliphatic rings. The van der Waals surface area contributed by atoms with E-state index in [0.29, 0.717) is 36.6 Å². The van der Waals surface area contributed by atoms with Crippen LogP contribution in [0.4, 0.5) is 0 Å². The first kappa shape index (κ1) is 14.9. The Morgan fingerprint density at radius 1 is 0.909 bits per heavy atom. The van der Waals surface area contributed by atoms with E-state index in [9.17, 15) is 4.79 Å². The van der Waals surface area contributed by atoms with Gasteiger partial charge in [0.2, 0.25) is 0 Å². The lowest BCUT2D eigenvalue weighted by Gasteiger charge is -2.30. The van der Waals surface area contributed by atoms with Gasteiger partial charge in [-0.1, -0.05) is 12.8 Å². The summed E-state index contributed by atoms with van der Waals surface area (Å²) in [4.78, 5) is 12.4. The lowest BCUT2D eigenvalue weighted by Crippen LogP contribution is -2.29. The van der Waals surface area contributed by atoms with Crippen LogP contribution in [0.25, 0.3) is 0 Å². The fraction of sp³-hybridized carbons (Fsp3) is 0.944. The van der Waals surface area contributed by atoms with E-state index in [2.05, 4.69) is 0 Å². The molecule has 0 N–H and O–H groups in total. The summed E-state index contributed by atoms with van der Waals surface area (Å²) in [5, 5.41) is 0. The number of rotatable bonds is 5. The Bertz CT molecular complexity index is 402. The van der Waals surface area contributed by atoms with Crippen LogP contribution >= 0.6 is 0 Å². The molecule has 2 aliphatic carbocycles. The molecule has 6 atom stereocenters. The molecular formula is C18H28O4. The van der Waals surface area contributed by atoms with Crippen LogP contribution < -0.4 is 0 Å². The van der Waals surface area contributed by atoms with Gasteiger partial charge in [0.25, 0.3) is 0 Å². The van der Waals surface area contributed by atoms with Gasteiger partial charge in [0.05, 0.1) is 37.9 Å². The standard InChI is InChI=1S/C18H28O4/c19-18(15-6-2-5-14(8-15)17-11-21-17)22-9-12-3-1-4-13(7-12)16-10-20-16/h12-17H,1-11H2. The van der Waals surface area contributed by atoms with Crippen molar-refractivity contribution in [1.82, 2.24) is 0 Å². The van der Waals surface area contributed by atoms with Gasteiger partial charge in [-0.2, -0.15) is 0 Å². The minimum Gasteiger partial charge on any atom is -0.465 e. The van der Waals surface area contributed by atoms with E-state index in [1.165, 1.54) is 32.1 Å². The molecule has 4 nitrogen and oxygen atoms in total. The Balaban J connectivity index is 1.21. The zero-order chi connectivity index (χ0) is 14.9. The van der Waals surface area contributed by atoms with E-state index in [0.717, 1.165) is 32.5 Å². The highest BCUT2D eigenvalue weighted by molar-refractivity contribution is 5.72. The van der Waals surface area contributed by atoms with Crippen molar-refractivity contribution >= 4 is 5.97 Å². The quantitative estimate of drug-likeness (QED) is 0.579. The predicted octanol–water partition coefficient (Wildman–Crippen LogP) is 2.94. The maximum absolute atomic E-state index is 12.4. The van der Waals surface area contributed by atoms with Crippen molar-refractivity contribution in [3.8, 4) is 0 Å². The zero-order valence-corrected chi connectivity index (χ0v) is 13.4. The monoisotopic (exact) mass is 308 g/mol. The highest BCUT2D eigenvalue weighted by Crippen LogP contribution is 2.38. The summed E-state index contributed by atoms with van der Waals surface area (Å²) < 4.78 is 16.5. The fourth-order valence-electron chi connectivity index (χ4n) is 4.57. The van der Waals surface area contributed by atoms with Gasteiger partial charge in [0.1, 0.15) is 0 Å². The summed E-state index contributed by atoms with van der Waals surface area (Å²) in [5.41, 5.74) is 0. The Kier molecular flexibility index (Phi) is 4.40. The second-order valence-electron chi connectivity index (χ2n) is 7.79. The van der Waals surface area contributed by atoms with Crippen molar-refractivity contribution < 1.29 is 19.0 Å². The van der Waals surface area contributed by atoms with Gasteiger partial charge in [0, 0.05) is 0 Å². The van der Waals surface area contributed by atoms with Crippen LogP contribution in [0.15, 0.2) is 0 Å². The van der Waals surface area contributed by atoms with E-state index in [1.54, 1.807) is 0 Å². The lowest BCUT2D eigenvalue weighted by molar-refractivity contribution is -0.152. The Morgan fingerprint density at radius 2 is 1.55 bits per heavy atom. The average Bonchev–Trinajstić information content (AvgIpc) is 3.44. The second kappa shape index (κ2) is 6.48. The molecule has 22 heavy (non-hydrogen) atoms. The first-order valence-electron chi connectivity index (χ1n) is 9.19. The number of epoxide rings is 2. The van der Waals surface area contributed by atoms with Crippen LogP contribution in [0.5, 0.6) is 0 Å². The molecule has 0 bridgehead atoms. The summed E-state index contributed by atoms with van der Waals surface area (Å²) in [6.45, 7) is 2.48. The summed E-state index contributed by atoms with van der Waals surface area (Å²) in [7, 11) is 0. The average molecular weight is 308 g/mol. The molecule has 4 rings (SSSR count). The molecule has 0 aromatic rings. The molecular weight excluding hydrogens is 280 g/mol. The number of carbonyl (C=O) groups is 1. The number of hydrogen-bond acceptors (Lipinski definition) is 4. The smallest absolute Gasteiger partial charge is 0.308 e. The maximum atomic E-state index is 12.4. The van der Waals surface area contributed by atoms with E-state index in [4.69, 9.17) is 14.2 Å². The normalized spacial score (nSPS) is 44.4. The van der Waals surface area contributed by atoms with E-state index in [1.807, 2.05) is 0 Å². The highest BCUT2D eigenvalue weighted by Gasteiger charge is 2.39. The topological polar surface area (TPSA) is 51.4 Å². The van der Waals surface area contributed by atoms with Gasteiger partial charge in [-0.3, -0.25) is 4.79 Å². The van der Waals surface area contributed by atoms with Gasteiger partial charge >= 0.3 is 5.97 Å². The Labute approximate surface area is 132 Å². The molecule has 2 saturated carbocycles. The van der Waals surface area contributed by atoms with Gasteiger partial charge < -0.3 is 14.2 Å². The number of ether oxygens (including phenoxy) is 3. The van der Waals surface area contributed by atoms with Gasteiger partial charge in [0.15, 0.2) is 0 Å². The molecule has 2 heterocycles. The molecule has 0 aromatic heterocycles. The van der Waals surface area contributed by atoms with Gasteiger partial charge in [-0.05, 0) is 56.3 Å². The van der Waals surface area contributed by atoms with E-state index < -0.39 is 0 Å². The van der Waals surface area contributed by atoms with E-state index in [-0.39, 0.29) is 11.9 Å². The van der Waals surface area contributed by atoms with Crippen molar-refractivity contribution in [2.45, 2.75) is 63.6 Å². The minimum atomic E-state index is 0.0511. The predicted molar refractivity (Wildman–Crippen MR) is 81.3 cm³/mol.